The van der Waals surface area contributed by atoms with E-state index in [1.807, 2.05) is 30.3 Å². The molecule has 0 radical (unpaired) electrons. The number of para-hydroxylation sites is 2. The van der Waals surface area contributed by atoms with E-state index in [0.717, 1.165) is 32.6 Å². The van der Waals surface area contributed by atoms with Gasteiger partial charge < -0.3 is 15.4 Å². The highest BCUT2D eigenvalue weighted by Crippen LogP contribution is 2.45. The third-order valence-electron chi connectivity index (χ3n) is 7.39. The molecule has 1 fully saturated rings. The summed E-state index contributed by atoms with van der Waals surface area (Å²) in [6, 6.07) is 17.8. The van der Waals surface area contributed by atoms with Crippen LogP contribution in [0, 0.1) is 0 Å². The summed E-state index contributed by atoms with van der Waals surface area (Å²) >= 11 is 10.4. The minimum absolute atomic E-state index is 0.000330. The van der Waals surface area contributed by atoms with E-state index in [1.54, 1.807) is 30.3 Å². The Balaban J connectivity index is 1.46. The quantitative estimate of drug-likeness (QED) is 0.201. The van der Waals surface area contributed by atoms with Crippen molar-refractivity contribution < 1.29 is 24.3 Å². The normalized spacial score (nSPS) is 18.9. The number of carboxylic acids is 1. The molecule has 40 heavy (non-hydrogen) atoms. The van der Waals surface area contributed by atoms with Crippen LogP contribution >= 0.6 is 24.2 Å². The number of urea groups is 1. The van der Waals surface area contributed by atoms with Crippen LogP contribution in [0.15, 0.2) is 72.8 Å². The number of fused-ring (bicyclic) bond motifs is 4. The topological polar surface area (TPSA) is 123 Å². The second kappa shape index (κ2) is 10.0. The maximum Gasteiger partial charge on any atom is 0.332 e. The predicted octanol–water partition coefficient (Wildman–Crippen LogP) is 4.42. The maximum absolute atomic E-state index is 14.2. The Morgan fingerprint density at radius 3 is 2.58 bits per heavy atom. The number of nitrogens with zero attached hydrogens (tertiary/aromatic N) is 2. The van der Waals surface area contributed by atoms with Crippen molar-refractivity contribution in [3.63, 3.8) is 0 Å². The first-order valence-electron chi connectivity index (χ1n) is 12.5. The minimum Gasteiger partial charge on any atom is -0.480 e. The zero-order chi connectivity index (χ0) is 28.1. The van der Waals surface area contributed by atoms with Gasteiger partial charge in [0.15, 0.2) is 0 Å². The van der Waals surface area contributed by atoms with Crippen LogP contribution < -0.4 is 10.2 Å². The molecule has 2 aliphatic heterocycles. The average Bonchev–Trinajstić information content (AvgIpc) is 3.44. The summed E-state index contributed by atoms with van der Waals surface area (Å²) in [6.45, 7) is 0. The van der Waals surface area contributed by atoms with Gasteiger partial charge in [-0.25, -0.2) is 14.5 Å². The molecule has 1 aromatic heterocycles. The number of rotatable bonds is 6. The van der Waals surface area contributed by atoms with E-state index in [0.29, 0.717) is 5.02 Å². The second-order valence-corrected chi connectivity index (χ2v) is 10.5. The van der Waals surface area contributed by atoms with Crippen LogP contribution in [0.1, 0.15) is 33.2 Å². The molecular formula is C29H23ClN4O5S. The lowest BCUT2D eigenvalue weighted by Gasteiger charge is -2.36. The molecule has 0 unspecified atom stereocenters. The van der Waals surface area contributed by atoms with Crippen LogP contribution in [0.3, 0.4) is 0 Å². The summed E-state index contributed by atoms with van der Waals surface area (Å²) in [5, 5.41) is 13.2. The number of aliphatic carboxylic acids is 1. The number of hydrogen-bond acceptors (Lipinski definition) is 5. The summed E-state index contributed by atoms with van der Waals surface area (Å²) in [7, 11) is 0. The Kier molecular flexibility index (Phi) is 6.52. The first-order chi connectivity index (χ1) is 19.3. The van der Waals surface area contributed by atoms with Crippen molar-refractivity contribution in [2.24, 2.45) is 0 Å². The van der Waals surface area contributed by atoms with Crippen LogP contribution in [0.4, 0.5) is 10.5 Å². The third kappa shape index (κ3) is 4.11. The largest absolute Gasteiger partial charge is 0.480 e. The first-order valence-corrected chi connectivity index (χ1v) is 13.6. The Labute approximate surface area is 239 Å². The number of H-pyrrole nitrogens is 1. The van der Waals surface area contributed by atoms with Gasteiger partial charge in [-0.3, -0.25) is 14.5 Å². The molecule has 0 bridgehead atoms. The number of anilines is 1. The summed E-state index contributed by atoms with van der Waals surface area (Å²) in [5.74, 6) is -2.58. The van der Waals surface area contributed by atoms with Gasteiger partial charge in [0.2, 0.25) is 0 Å². The molecule has 3 atom stereocenters. The Hall–Kier alpha value is -4.28. The van der Waals surface area contributed by atoms with Gasteiger partial charge in [0.05, 0.1) is 11.3 Å². The molecule has 9 nitrogen and oxygen atoms in total. The van der Waals surface area contributed by atoms with Crippen molar-refractivity contribution in [3.05, 3.63) is 100 Å². The highest BCUT2D eigenvalue weighted by molar-refractivity contribution is 7.80. The number of hydrogen-bond donors (Lipinski definition) is 4. The Morgan fingerprint density at radius 2 is 1.82 bits per heavy atom. The molecule has 0 saturated carbocycles. The van der Waals surface area contributed by atoms with Crippen molar-refractivity contribution >= 4 is 64.6 Å². The fraction of sp³-hybridized carbons (Fsp3) is 0.172. The second-order valence-electron chi connectivity index (χ2n) is 9.67. The SMILES string of the molecule is O=C(N[C@@H](CS)C(=O)O)c1ccccc1N1C(=O)[C@@H]2Cc3c([nH]c4ccccc34)[C@H](c3cccc(Cl)c3)N2C1=O. The lowest BCUT2D eigenvalue weighted by atomic mass is 9.89. The van der Waals surface area contributed by atoms with Gasteiger partial charge >= 0.3 is 12.0 Å². The number of benzene rings is 3. The number of carbonyl (C=O) groups is 4. The Bertz CT molecular complexity index is 1700. The van der Waals surface area contributed by atoms with Crippen molar-refractivity contribution in [1.82, 2.24) is 15.2 Å². The number of imide groups is 1. The molecule has 202 valence electrons. The van der Waals surface area contributed by atoms with Gasteiger partial charge in [0.1, 0.15) is 18.1 Å². The number of carbonyl (C=O) groups excluding carboxylic acids is 3. The van der Waals surface area contributed by atoms with Gasteiger partial charge in [-0.2, -0.15) is 12.6 Å². The van der Waals surface area contributed by atoms with Crippen LogP contribution in [0.2, 0.25) is 5.02 Å². The van der Waals surface area contributed by atoms with Crippen LogP contribution in [-0.4, -0.2) is 56.6 Å². The van der Waals surface area contributed by atoms with Crippen molar-refractivity contribution in [2.45, 2.75) is 24.5 Å². The number of nitrogens with one attached hydrogen (secondary N) is 2. The van der Waals surface area contributed by atoms with E-state index in [-0.39, 0.29) is 23.4 Å². The van der Waals surface area contributed by atoms with E-state index < -0.39 is 41.9 Å². The number of aromatic amines is 1. The molecule has 3 aromatic carbocycles. The van der Waals surface area contributed by atoms with E-state index in [4.69, 9.17) is 11.6 Å². The van der Waals surface area contributed by atoms with Gasteiger partial charge in [-0.15, -0.1) is 0 Å². The molecule has 0 spiro atoms. The maximum atomic E-state index is 14.2. The van der Waals surface area contributed by atoms with E-state index in [9.17, 15) is 24.3 Å². The summed E-state index contributed by atoms with van der Waals surface area (Å²) < 4.78 is 0. The Morgan fingerprint density at radius 1 is 1.07 bits per heavy atom. The van der Waals surface area contributed by atoms with Crippen LogP contribution in [-0.2, 0) is 16.0 Å². The van der Waals surface area contributed by atoms with Gasteiger partial charge in [0, 0.05) is 33.8 Å². The molecule has 11 heteroatoms. The van der Waals surface area contributed by atoms with Crippen LogP contribution in [0.5, 0.6) is 0 Å². The lowest BCUT2D eigenvalue weighted by Crippen LogP contribution is -2.44. The molecule has 3 heterocycles. The van der Waals surface area contributed by atoms with Crippen molar-refractivity contribution in [3.8, 4) is 0 Å². The standard InChI is InChI=1S/C29H23ClN4O5S/c30-16-7-5-6-15(12-16)25-24-19(17-8-1-3-10-20(17)31-24)13-23-27(36)34(29(39)33(23)25)22-11-4-2-9-18(22)26(35)32-21(14-40)28(37)38/h1-12,21,23,25,31,40H,13-14H2,(H,32,35)(H,37,38)/t21-,23-,25-/m0/s1. The lowest BCUT2D eigenvalue weighted by molar-refractivity contribution is -0.138. The monoisotopic (exact) mass is 574 g/mol. The first kappa shape index (κ1) is 26.0. The van der Waals surface area contributed by atoms with Gasteiger partial charge in [-0.05, 0) is 41.5 Å². The smallest absolute Gasteiger partial charge is 0.332 e. The summed E-state index contributed by atoms with van der Waals surface area (Å²) in [4.78, 5) is 58.8. The number of thiol groups is 1. The molecular weight excluding hydrogens is 552 g/mol. The highest BCUT2D eigenvalue weighted by Gasteiger charge is 2.53. The van der Waals surface area contributed by atoms with Crippen LogP contribution in [0.25, 0.3) is 10.9 Å². The fourth-order valence-electron chi connectivity index (χ4n) is 5.60. The third-order valence-corrected chi connectivity index (χ3v) is 7.99. The number of carboxylic acid groups (broad SMARTS) is 1. The van der Waals surface area contributed by atoms with Gasteiger partial charge in [-0.1, -0.05) is 54.1 Å². The van der Waals surface area contributed by atoms with E-state index in [1.165, 1.54) is 17.0 Å². The van der Waals surface area contributed by atoms with E-state index in [2.05, 4.69) is 22.9 Å². The highest BCUT2D eigenvalue weighted by atomic mass is 35.5. The van der Waals surface area contributed by atoms with Gasteiger partial charge in [0.25, 0.3) is 11.8 Å². The molecule has 4 aromatic rings. The summed E-state index contributed by atoms with van der Waals surface area (Å²) in [6.07, 6.45) is 0.284. The zero-order valence-electron chi connectivity index (χ0n) is 20.9. The van der Waals surface area contributed by atoms with Crippen molar-refractivity contribution in [1.29, 1.82) is 0 Å². The average molecular weight is 575 g/mol. The molecule has 4 amide bonds. The van der Waals surface area contributed by atoms with E-state index >= 15 is 0 Å². The molecule has 0 aliphatic carbocycles. The number of halogens is 1. The van der Waals surface area contributed by atoms with Crippen molar-refractivity contribution in [2.75, 3.05) is 10.7 Å². The predicted molar refractivity (Wildman–Crippen MR) is 153 cm³/mol. The molecule has 6 rings (SSSR count). The summed E-state index contributed by atoms with van der Waals surface area (Å²) in [5.41, 5.74) is 3.45. The zero-order valence-corrected chi connectivity index (χ0v) is 22.5. The fourth-order valence-corrected chi connectivity index (χ4v) is 6.05. The molecule has 3 N–H and O–H groups in total. The number of amides is 4. The molecule has 1 saturated heterocycles. The number of aromatic nitrogens is 1. The molecule has 2 aliphatic rings. The minimum atomic E-state index is -1.25.